The van der Waals surface area contributed by atoms with Crippen LogP contribution >= 0.6 is 22.9 Å². The van der Waals surface area contributed by atoms with Crippen LogP contribution in [-0.4, -0.2) is 26.7 Å². The van der Waals surface area contributed by atoms with E-state index in [1.807, 2.05) is 25.3 Å². The Morgan fingerprint density at radius 2 is 2.31 bits per heavy atom. The summed E-state index contributed by atoms with van der Waals surface area (Å²) in [5.41, 5.74) is 7.84. The van der Waals surface area contributed by atoms with Crippen molar-refractivity contribution in [3.8, 4) is 17.3 Å². The lowest BCUT2D eigenvalue weighted by Gasteiger charge is -2.13. The number of anilines is 1. The van der Waals surface area contributed by atoms with Crippen molar-refractivity contribution < 1.29 is 4.79 Å². The Balaban J connectivity index is 1.65. The second-order valence-corrected chi connectivity index (χ2v) is 6.97. The van der Waals surface area contributed by atoms with Crippen LogP contribution in [0.4, 0.5) is 5.13 Å². The number of nitrogens with zero attached hydrogens (tertiary/aromatic N) is 4. The minimum Gasteiger partial charge on any atom is -0.375 e. The Kier molecular flexibility index (Phi) is 5.21. The number of halogens is 1. The average Bonchev–Trinajstić information content (AvgIpc) is 3.24. The first-order valence-corrected chi connectivity index (χ1v) is 8.97. The van der Waals surface area contributed by atoms with Crippen LogP contribution < -0.4 is 11.1 Å². The molecular formula is C17H15ClN6OS. The molecule has 0 radical (unpaired) electrons. The van der Waals surface area contributed by atoms with Crippen molar-refractivity contribution in [3.63, 3.8) is 0 Å². The van der Waals surface area contributed by atoms with Gasteiger partial charge in [0.2, 0.25) is 0 Å². The molecule has 2 heterocycles. The summed E-state index contributed by atoms with van der Waals surface area (Å²) in [5, 5.41) is 18.7. The summed E-state index contributed by atoms with van der Waals surface area (Å²) >= 11 is 7.30. The molecule has 132 valence electrons. The number of amides is 1. The molecule has 3 rings (SSSR count). The molecule has 26 heavy (non-hydrogen) atoms. The Morgan fingerprint density at radius 1 is 1.50 bits per heavy atom. The Hall–Kier alpha value is -2.89. The molecule has 7 nitrogen and oxygen atoms in total. The van der Waals surface area contributed by atoms with Crippen molar-refractivity contribution in [2.75, 3.05) is 5.73 Å². The molecule has 0 saturated carbocycles. The van der Waals surface area contributed by atoms with Crippen LogP contribution in [0.1, 0.15) is 23.0 Å². The fourth-order valence-corrected chi connectivity index (χ4v) is 3.16. The molecule has 0 fully saturated rings. The van der Waals surface area contributed by atoms with Crippen LogP contribution in [0.3, 0.4) is 0 Å². The number of nitrogens with one attached hydrogen (secondary N) is 1. The van der Waals surface area contributed by atoms with Gasteiger partial charge in [-0.25, -0.2) is 4.98 Å². The maximum atomic E-state index is 12.1. The SMILES string of the molecule is CC(Cn1ccc(-c2ccc(C#N)c(Cl)c2)n1)NC(=O)c1csc(N)n1. The van der Waals surface area contributed by atoms with Gasteiger partial charge in [-0.15, -0.1) is 11.3 Å². The molecule has 0 aliphatic heterocycles. The van der Waals surface area contributed by atoms with E-state index in [-0.39, 0.29) is 11.9 Å². The van der Waals surface area contributed by atoms with Crippen LogP contribution in [-0.2, 0) is 6.54 Å². The molecule has 0 aliphatic rings. The highest BCUT2D eigenvalue weighted by Crippen LogP contribution is 2.24. The quantitative estimate of drug-likeness (QED) is 0.700. The van der Waals surface area contributed by atoms with Crippen molar-refractivity contribution in [3.05, 3.63) is 52.1 Å². The largest absolute Gasteiger partial charge is 0.375 e. The smallest absolute Gasteiger partial charge is 0.271 e. The second-order valence-electron chi connectivity index (χ2n) is 5.67. The number of hydrogen-bond acceptors (Lipinski definition) is 6. The second kappa shape index (κ2) is 7.56. The van der Waals surface area contributed by atoms with Crippen LogP contribution in [0.25, 0.3) is 11.3 Å². The third-order valence-corrected chi connectivity index (χ3v) is 4.61. The van der Waals surface area contributed by atoms with Crippen LogP contribution in [0.5, 0.6) is 0 Å². The third-order valence-electron chi connectivity index (χ3n) is 3.62. The summed E-state index contributed by atoms with van der Waals surface area (Å²) in [6.45, 7) is 2.38. The number of benzene rings is 1. The molecule has 0 spiro atoms. The van der Waals surface area contributed by atoms with E-state index in [9.17, 15) is 4.79 Å². The van der Waals surface area contributed by atoms with Gasteiger partial charge in [0.25, 0.3) is 5.91 Å². The molecule has 2 aromatic heterocycles. The Morgan fingerprint density at radius 3 is 2.96 bits per heavy atom. The van der Waals surface area contributed by atoms with Crippen molar-refractivity contribution in [2.45, 2.75) is 19.5 Å². The first kappa shape index (κ1) is 17.9. The van der Waals surface area contributed by atoms with E-state index in [4.69, 9.17) is 22.6 Å². The number of nitriles is 1. The first-order valence-electron chi connectivity index (χ1n) is 7.71. The number of rotatable bonds is 5. The van der Waals surface area contributed by atoms with E-state index in [0.29, 0.717) is 28.0 Å². The number of carbonyl (C=O) groups is 1. The maximum Gasteiger partial charge on any atom is 0.271 e. The minimum absolute atomic E-state index is 0.150. The highest BCUT2D eigenvalue weighted by Gasteiger charge is 2.14. The summed E-state index contributed by atoms with van der Waals surface area (Å²) in [6.07, 6.45) is 1.82. The maximum absolute atomic E-state index is 12.1. The van der Waals surface area contributed by atoms with Gasteiger partial charge in [0.15, 0.2) is 5.13 Å². The van der Waals surface area contributed by atoms with Crippen molar-refractivity contribution in [1.82, 2.24) is 20.1 Å². The van der Waals surface area contributed by atoms with Crippen molar-refractivity contribution in [1.29, 1.82) is 5.26 Å². The standard InChI is InChI=1S/C17H15ClN6OS/c1-10(21-16(25)15-9-26-17(20)22-15)8-24-5-4-14(23-24)11-2-3-12(7-19)13(18)6-11/h2-6,9-10H,8H2,1H3,(H2,20,22)(H,21,25). The van der Waals surface area contributed by atoms with Gasteiger partial charge in [0.1, 0.15) is 11.8 Å². The molecule has 0 aliphatic carbocycles. The third kappa shape index (κ3) is 4.02. The topological polar surface area (TPSA) is 110 Å². The predicted octanol–water partition coefficient (Wildman–Crippen LogP) is 2.93. The van der Waals surface area contributed by atoms with Crippen molar-refractivity contribution in [2.24, 2.45) is 0 Å². The molecule has 3 N–H and O–H groups in total. The molecular weight excluding hydrogens is 372 g/mol. The van der Waals surface area contributed by atoms with E-state index in [0.717, 1.165) is 11.3 Å². The number of carbonyl (C=O) groups excluding carboxylic acids is 1. The van der Waals surface area contributed by atoms with Crippen LogP contribution in [0.2, 0.25) is 5.02 Å². The van der Waals surface area contributed by atoms with Crippen LogP contribution in [0.15, 0.2) is 35.8 Å². The molecule has 3 aromatic rings. The lowest BCUT2D eigenvalue weighted by molar-refractivity contribution is 0.0932. The lowest BCUT2D eigenvalue weighted by atomic mass is 10.1. The monoisotopic (exact) mass is 386 g/mol. The van der Waals surface area contributed by atoms with Gasteiger partial charge >= 0.3 is 0 Å². The zero-order valence-corrected chi connectivity index (χ0v) is 15.4. The summed E-state index contributed by atoms with van der Waals surface area (Å²) in [6, 6.07) is 8.91. The molecule has 1 amide bonds. The molecule has 0 saturated heterocycles. The van der Waals surface area contributed by atoms with Gasteiger partial charge in [0, 0.05) is 23.2 Å². The normalized spacial score (nSPS) is 11.7. The number of nitrogen functional groups attached to an aromatic ring is 1. The summed E-state index contributed by atoms with van der Waals surface area (Å²) in [7, 11) is 0. The average molecular weight is 387 g/mol. The predicted molar refractivity (Wildman–Crippen MR) is 101 cm³/mol. The van der Waals surface area contributed by atoms with E-state index in [1.54, 1.807) is 28.3 Å². The Labute approximate surface area is 159 Å². The molecule has 9 heteroatoms. The molecule has 1 atom stereocenters. The van der Waals surface area contributed by atoms with E-state index in [1.165, 1.54) is 11.3 Å². The fraction of sp³-hybridized carbons (Fsp3) is 0.176. The van der Waals surface area contributed by atoms with E-state index in [2.05, 4.69) is 15.4 Å². The van der Waals surface area contributed by atoms with Crippen molar-refractivity contribution >= 4 is 34.0 Å². The summed E-state index contributed by atoms with van der Waals surface area (Å²) < 4.78 is 1.74. The minimum atomic E-state index is -0.267. The van der Waals surface area contributed by atoms with E-state index < -0.39 is 0 Å². The zero-order chi connectivity index (χ0) is 18.7. The van der Waals surface area contributed by atoms with Gasteiger partial charge in [-0.2, -0.15) is 10.4 Å². The number of thiazole rings is 1. The molecule has 1 unspecified atom stereocenters. The Bertz CT molecular complexity index is 989. The summed E-state index contributed by atoms with van der Waals surface area (Å²) in [5.74, 6) is -0.267. The number of hydrogen-bond donors (Lipinski definition) is 2. The van der Waals surface area contributed by atoms with Gasteiger partial charge < -0.3 is 11.1 Å². The fourth-order valence-electron chi connectivity index (χ4n) is 2.40. The first-order chi connectivity index (χ1) is 12.5. The molecule has 0 bridgehead atoms. The van der Waals surface area contributed by atoms with E-state index >= 15 is 0 Å². The molecule has 1 aromatic carbocycles. The highest BCUT2D eigenvalue weighted by atomic mass is 35.5. The van der Waals surface area contributed by atoms with Gasteiger partial charge in [0.05, 0.1) is 22.8 Å². The van der Waals surface area contributed by atoms with Gasteiger partial charge in [-0.05, 0) is 25.1 Å². The van der Waals surface area contributed by atoms with Gasteiger partial charge in [-0.1, -0.05) is 17.7 Å². The van der Waals surface area contributed by atoms with Crippen LogP contribution in [0, 0.1) is 11.3 Å². The highest BCUT2D eigenvalue weighted by molar-refractivity contribution is 7.13. The summed E-state index contributed by atoms with van der Waals surface area (Å²) in [4.78, 5) is 16.1. The number of aromatic nitrogens is 3. The number of nitrogens with two attached hydrogens (primary N) is 1. The zero-order valence-electron chi connectivity index (χ0n) is 13.8. The van der Waals surface area contributed by atoms with Gasteiger partial charge in [-0.3, -0.25) is 9.48 Å². The lowest BCUT2D eigenvalue weighted by Crippen LogP contribution is -2.36.